The second-order valence-electron chi connectivity index (χ2n) is 2.75. The molecule has 1 rings (SSSR count). The van der Waals surface area contributed by atoms with E-state index < -0.39 is 0 Å². The quantitative estimate of drug-likeness (QED) is 0.878. The Balaban J connectivity index is 2.95. The Bertz CT molecular complexity index is 287. The molecule has 0 aliphatic heterocycles. The Kier molecular flexibility index (Phi) is 4.19. The molecule has 4 heteroatoms. The van der Waals surface area contributed by atoms with Gasteiger partial charge in [-0.15, -0.1) is 0 Å². The first kappa shape index (κ1) is 11.0. The van der Waals surface area contributed by atoms with E-state index in [9.17, 15) is 0 Å². The van der Waals surface area contributed by atoms with Crippen molar-refractivity contribution in [2.75, 3.05) is 13.6 Å². The summed E-state index contributed by atoms with van der Waals surface area (Å²) in [5, 5.41) is 3.83. The lowest BCUT2D eigenvalue weighted by Crippen LogP contribution is -2.24. The summed E-state index contributed by atoms with van der Waals surface area (Å²) >= 11 is 9.30. The van der Waals surface area contributed by atoms with Crippen molar-refractivity contribution in [1.29, 1.82) is 0 Å². The molecule has 72 valence electrons. The average molecular weight is 264 g/mol. The smallest absolute Gasteiger partial charge is 0.0551 e. The van der Waals surface area contributed by atoms with Gasteiger partial charge in [-0.25, -0.2) is 0 Å². The van der Waals surface area contributed by atoms with Crippen molar-refractivity contribution in [1.82, 2.24) is 5.32 Å². The van der Waals surface area contributed by atoms with Crippen LogP contribution in [0.4, 0.5) is 0 Å². The van der Waals surface area contributed by atoms with Gasteiger partial charge in [0.05, 0.1) is 5.02 Å². The highest BCUT2D eigenvalue weighted by Crippen LogP contribution is 2.25. The molecular formula is C9H12BrClN2. The van der Waals surface area contributed by atoms with Gasteiger partial charge in [0, 0.05) is 17.1 Å². The van der Waals surface area contributed by atoms with Crippen LogP contribution in [0.3, 0.4) is 0 Å². The van der Waals surface area contributed by atoms with Crippen molar-refractivity contribution in [3.05, 3.63) is 33.3 Å². The third-order valence-electron chi connectivity index (χ3n) is 1.93. The standard InChI is InChI=1S/C9H12BrClN2/c1-13-9(5-12)6-2-3-7(10)8(11)4-6/h2-4,9,13H,5,12H2,1H3. The molecule has 0 spiro atoms. The van der Waals surface area contributed by atoms with Gasteiger partial charge >= 0.3 is 0 Å². The monoisotopic (exact) mass is 262 g/mol. The fraction of sp³-hybridized carbons (Fsp3) is 0.333. The van der Waals surface area contributed by atoms with Crippen molar-refractivity contribution in [2.45, 2.75) is 6.04 Å². The van der Waals surface area contributed by atoms with Gasteiger partial charge in [0.15, 0.2) is 0 Å². The number of halogens is 2. The molecule has 1 aromatic rings. The van der Waals surface area contributed by atoms with Gasteiger partial charge in [0.25, 0.3) is 0 Å². The molecular weight excluding hydrogens is 251 g/mol. The predicted molar refractivity (Wildman–Crippen MR) is 60.0 cm³/mol. The first-order valence-electron chi connectivity index (χ1n) is 4.01. The molecule has 2 nitrogen and oxygen atoms in total. The van der Waals surface area contributed by atoms with Gasteiger partial charge in [-0.3, -0.25) is 0 Å². The fourth-order valence-corrected chi connectivity index (χ4v) is 1.59. The number of hydrogen-bond donors (Lipinski definition) is 2. The van der Waals surface area contributed by atoms with E-state index in [0.29, 0.717) is 11.6 Å². The number of nitrogens with one attached hydrogen (secondary N) is 1. The molecule has 0 aliphatic carbocycles. The van der Waals surface area contributed by atoms with E-state index in [-0.39, 0.29) is 6.04 Å². The Morgan fingerprint density at radius 1 is 1.62 bits per heavy atom. The van der Waals surface area contributed by atoms with Crippen LogP contribution in [-0.4, -0.2) is 13.6 Å². The van der Waals surface area contributed by atoms with Crippen LogP contribution in [0.25, 0.3) is 0 Å². The second-order valence-corrected chi connectivity index (χ2v) is 4.01. The number of rotatable bonds is 3. The summed E-state index contributed by atoms with van der Waals surface area (Å²) in [5.74, 6) is 0. The highest BCUT2D eigenvalue weighted by molar-refractivity contribution is 9.10. The van der Waals surface area contributed by atoms with Gasteiger partial charge in [0.1, 0.15) is 0 Å². The minimum atomic E-state index is 0.172. The molecule has 0 heterocycles. The summed E-state index contributed by atoms with van der Waals surface area (Å²) in [6.07, 6.45) is 0. The van der Waals surface area contributed by atoms with Crippen LogP contribution in [0.1, 0.15) is 11.6 Å². The molecule has 0 saturated carbocycles. The van der Waals surface area contributed by atoms with Crippen molar-refractivity contribution < 1.29 is 0 Å². The summed E-state index contributed by atoms with van der Waals surface area (Å²) in [7, 11) is 1.88. The first-order chi connectivity index (χ1) is 6.19. The zero-order valence-electron chi connectivity index (χ0n) is 7.35. The summed E-state index contributed by atoms with van der Waals surface area (Å²) in [5.41, 5.74) is 6.70. The van der Waals surface area contributed by atoms with E-state index in [1.54, 1.807) is 0 Å². The Morgan fingerprint density at radius 2 is 2.31 bits per heavy atom. The highest BCUT2D eigenvalue weighted by atomic mass is 79.9. The zero-order valence-corrected chi connectivity index (χ0v) is 9.69. The maximum absolute atomic E-state index is 5.96. The Morgan fingerprint density at radius 3 is 2.77 bits per heavy atom. The maximum atomic E-state index is 5.96. The van der Waals surface area contributed by atoms with Gasteiger partial charge in [-0.05, 0) is 40.7 Å². The van der Waals surface area contributed by atoms with Crippen LogP contribution in [0.15, 0.2) is 22.7 Å². The van der Waals surface area contributed by atoms with Crippen LogP contribution < -0.4 is 11.1 Å². The molecule has 1 aromatic carbocycles. The lowest BCUT2D eigenvalue weighted by atomic mass is 10.1. The van der Waals surface area contributed by atoms with E-state index >= 15 is 0 Å². The summed E-state index contributed by atoms with van der Waals surface area (Å²) < 4.78 is 0.907. The van der Waals surface area contributed by atoms with Crippen LogP contribution in [0.2, 0.25) is 5.02 Å². The minimum absolute atomic E-state index is 0.172. The summed E-state index contributed by atoms with van der Waals surface area (Å²) in [6.45, 7) is 0.564. The van der Waals surface area contributed by atoms with Crippen molar-refractivity contribution in [3.63, 3.8) is 0 Å². The van der Waals surface area contributed by atoms with Gasteiger partial charge in [0.2, 0.25) is 0 Å². The normalized spacial score (nSPS) is 12.9. The summed E-state index contributed by atoms with van der Waals surface area (Å²) in [6, 6.07) is 6.02. The van der Waals surface area contributed by atoms with Crippen LogP contribution >= 0.6 is 27.5 Å². The Hall–Kier alpha value is -0.0900. The van der Waals surface area contributed by atoms with E-state index in [1.165, 1.54) is 0 Å². The first-order valence-corrected chi connectivity index (χ1v) is 5.18. The average Bonchev–Trinajstić information content (AvgIpc) is 2.13. The number of hydrogen-bond acceptors (Lipinski definition) is 2. The lowest BCUT2D eigenvalue weighted by Gasteiger charge is -2.14. The molecule has 1 unspecified atom stereocenters. The SMILES string of the molecule is CNC(CN)c1ccc(Br)c(Cl)c1. The van der Waals surface area contributed by atoms with Crippen LogP contribution in [0, 0.1) is 0 Å². The second kappa shape index (κ2) is 4.96. The Labute approximate surface area is 91.6 Å². The highest BCUT2D eigenvalue weighted by Gasteiger charge is 2.07. The number of benzene rings is 1. The van der Waals surface area contributed by atoms with Crippen LogP contribution in [0.5, 0.6) is 0 Å². The van der Waals surface area contributed by atoms with Crippen molar-refractivity contribution >= 4 is 27.5 Å². The van der Waals surface area contributed by atoms with Gasteiger partial charge in [-0.1, -0.05) is 17.7 Å². The lowest BCUT2D eigenvalue weighted by molar-refractivity contribution is 0.605. The molecule has 1 atom stereocenters. The van der Waals surface area contributed by atoms with Crippen molar-refractivity contribution in [3.8, 4) is 0 Å². The minimum Gasteiger partial charge on any atom is -0.329 e. The fourth-order valence-electron chi connectivity index (χ4n) is 1.15. The molecule has 0 aromatic heterocycles. The topological polar surface area (TPSA) is 38.0 Å². The number of likely N-dealkylation sites (N-methyl/N-ethyl adjacent to an activating group) is 1. The zero-order chi connectivity index (χ0) is 9.84. The third-order valence-corrected chi connectivity index (χ3v) is 3.16. The molecule has 0 aliphatic rings. The molecule has 0 radical (unpaired) electrons. The predicted octanol–water partition coefficient (Wildman–Crippen LogP) is 2.32. The van der Waals surface area contributed by atoms with E-state index in [1.807, 2.05) is 25.2 Å². The van der Waals surface area contributed by atoms with E-state index in [2.05, 4.69) is 21.2 Å². The molecule has 0 fully saturated rings. The third kappa shape index (κ3) is 2.68. The van der Waals surface area contributed by atoms with Crippen LogP contribution in [-0.2, 0) is 0 Å². The molecule has 0 bridgehead atoms. The number of nitrogens with two attached hydrogens (primary N) is 1. The molecule has 3 N–H and O–H groups in total. The summed E-state index contributed by atoms with van der Waals surface area (Å²) in [4.78, 5) is 0. The van der Waals surface area contributed by atoms with E-state index in [0.717, 1.165) is 10.0 Å². The molecule has 0 saturated heterocycles. The van der Waals surface area contributed by atoms with Crippen molar-refractivity contribution in [2.24, 2.45) is 5.73 Å². The van der Waals surface area contributed by atoms with Gasteiger partial charge in [-0.2, -0.15) is 0 Å². The maximum Gasteiger partial charge on any atom is 0.0551 e. The molecule has 0 amide bonds. The largest absolute Gasteiger partial charge is 0.329 e. The van der Waals surface area contributed by atoms with Gasteiger partial charge < -0.3 is 11.1 Å². The molecule has 13 heavy (non-hydrogen) atoms. The van der Waals surface area contributed by atoms with E-state index in [4.69, 9.17) is 17.3 Å².